The summed E-state index contributed by atoms with van der Waals surface area (Å²) in [4.78, 5) is 24.5. The average molecular weight is 427 g/mol. The number of hydrogen-bond acceptors (Lipinski definition) is 6. The number of thiophene rings is 1. The molecule has 0 atom stereocenters. The van der Waals surface area contributed by atoms with Crippen molar-refractivity contribution in [2.75, 3.05) is 12.4 Å². The number of rotatable bonds is 8. The predicted octanol–water partition coefficient (Wildman–Crippen LogP) is 6.06. The Labute approximate surface area is 180 Å². The van der Waals surface area contributed by atoms with Crippen molar-refractivity contribution >= 4 is 39.3 Å². The van der Waals surface area contributed by atoms with E-state index in [1.165, 1.54) is 35.0 Å². The smallest absolute Gasteiger partial charge is 0.316 e. The van der Waals surface area contributed by atoms with Gasteiger partial charge in [0, 0.05) is 15.8 Å². The highest BCUT2D eigenvalue weighted by molar-refractivity contribution is 8.00. The lowest BCUT2D eigenvalue weighted by atomic mass is 9.97. The fourth-order valence-electron chi connectivity index (χ4n) is 3.65. The zero-order valence-electron chi connectivity index (χ0n) is 16.8. The molecule has 0 aliphatic heterocycles. The fraction of sp³-hybridized carbons (Fsp3) is 0.435. The molecule has 0 N–H and O–H groups in total. The first-order valence-corrected chi connectivity index (χ1v) is 12.2. The van der Waals surface area contributed by atoms with Crippen LogP contribution >= 0.6 is 23.1 Å². The van der Waals surface area contributed by atoms with Gasteiger partial charge < -0.3 is 4.74 Å². The number of aromatic nitrogens is 2. The lowest BCUT2D eigenvalue weighted by Crippen LogP contribution is -2.09. The monoisotopic (exact) mass is 426 g/mol. The molecule has 1 aliphatic carbocycles. The number of aryl methyl sites for hydroxylation is 2. The largest absolute Gasteiger partial charge is 0.465 e. The second-order valence-corrected chi connectivity index (χ2v) is 9.37. The number of benzene rings is 1. The van der Waals surface area contributed by atoms with E-state index in [0.29, 0.717) is 6.61 Å². The third kappa shape index (κ3) is 4.81. The predicted molar refractivity (Wildman–Crippen MR) is 121 cm³/mol. The lowest BCUT2D eigenvalue weighted by Gasteiger charge is -2.12. The Morgan fingerprint density at radius 3 is 2.79 bits per heavy atom. The van der Waals surface area contributed by atoms with E-state index in [-0.39, 0.29) is 11.7 Å². The summed E-state index contributed by atoms with van der Waals surface area (Å²) in [5, 5.41) is 2.08. The molecular formula is C23H26N2O2S2. The Hall–Kier alpha value is -1.92. The Morgan fingerprint density at radius 2 is 1.97 bits per heavy atom. The summed E-state index contributed by atoms with van der Waals surface area (Å²) in [5.74, 6) is 0.857. The van der Waals surface area contributed by atoms with Gasteiger partial charge in [0.1, 0.15) is 9.86 Å². The summed E-state index contributed by atoms with van der Waals surface area (Å²) in [6.45, 7) is 2.65. The maximum Gasteiger partial charge on any atom is 0.316 e. The number of thioether (sulfide) groups is 1. The van der Waals surface area contributed by atoms with Gasteiger partial charge in [0.15, 0.2) is 5.82 Å². The Morgan fingerprint density at radius 1 is 1.14 bits per heavy atom. The van der Waals surface area contributed by atoms with Crippen LogP contribution in [0.15, 0.2) is 35.4 Å². The second kappa shape index (κ2) is 9.72. The maximum atomic E-state index is 12.2. The number of nitrogens with zero attached hydrogens (tertiary/aromatic N) is 2. The van der Waals surface area contributed by atoms with Crippen LogP contribution in [0.4, 0.5) is 0 Å². The number of unbranched alkanes of at least 4 members (excludes halogenated alkanes) is 2. The van der Waals surface area contributed by atoms with Crippen molar-refractivity contribution in [2.45, 2.75) is 56.9 Å². The van der Waals surface area contributed by atoms with Crippen LogP contribution in [-0.4, -0.2) is 28.3 Å². The molecule has 2 heterocycles. The van der Waals surface area contributed by atoms with Crippen molar-refractivity contribution in [1.29, 1.82) is 0 Å². The van der Waals surface area contributed by atoms with Gasteiger partial charge in [-0.1, -0.05) is 61.9 Å². The molecule has 4 nitrogen and oxygen atoms in total. The van der Waals surface area contributed by atoms with Gasteiger partial charge in [-0.25, -0.2) is 9.97 Å². The second-order valence-electron chi connectivity index (χ2n) is 7.33. The average Bonchev–Trinajstić information content (AvgIpc) is 3.14. The molecule has 0 amide bonds. The number of fused-ring (bicyclic) bond motifs is 3. The zero-order chi connectivity index (χ0) is 20.1. The van der Waals surface area contributed by atoms with Crippen molar-refractivity contribution in [3.63, 3.8) is 0 Å². The minimum Gasteiger partial charge on any atom is -0.465 e. The molecule has 6 heteroatoms. The molecule has 4 rings (SSSR count). The van der Waals surface area contributed by atoms with Crippen LogP contribution in [0.25, 0.3) is 21.6 Å². The van der Waals surface area contributed by atoms with Gasteiger partial charge in [0.2, 0.25) is 0 Å². The summed E-state index contributed by atoms with van der Waals surface area (Å²) in [6, 6.07) is 10.1. The molecule has 152 valence electrons. The summed E-state index contributed by atoms with van der Waals surface area (Å²) in [7, 11) is 0. The molecule has 0 fully saturated rings. The molecule has 29 heavy (non-hydrogen) atoms. The number of esters is 1. The Kier molecular flexibility index (Phi) is 6.82. The van der Waals surface area contributed by atoms with Gasteiger partial charge in [0.25, 0.3) is 0 Å². The molecule has 1 aliphatic rings. The highest BCUT2D eigenvalue weighted by Gasteiger charge is 2.22. The van der Waals surface area contributed by atoms with Crippen molar-refractivity contribution in [2.24, 2.45) is 0 Å². The summed E-state index contributed by atoms with van der Waals surface area (Å²) >= 11 is 3.28. The molecule has 0 saturated carbocycles. The zero-order valence-corrected chi connectivity index (χ0v) is 18.4. The molecule has 0 saturated heterocycles. The molecule has 1 aromatic carbocycles. The van der Waals surface area contributed by atoms with Crippen LogP contribution in [0.2, 0.25) is 0 Å². The normalized spacial score (nSPS) is 13.4. The fourth-order valence-corrected chi connectivity index (χ4v) is 5.83. The molecule has 0 bridgehead atoms. The minimum absolute atomic E-state index is 0.164. The van der Waals surface area contributed by atoms with E-state index in [1.807, 2.05) is 30.3 Å². The quantitative estimate of drug-likeness (QED) is 0.190. The first kappa shape index (κ1) is 20.4. The van der Waals surface area contributed by atoms with Gasteiger partial charge >= 0.3 is 5.97 Å². The first-order chi connectivity index (χ1) is 14.3. The van der Waals surface area contributed by atoms with Crippen molar-refractivity contribution in [3.8, 4) is 11.4 Å². The van der Waals surface area contributed by atoms with Crippen LogP contribution in [0.1, 0.15) is 49.5 Å². The van der Waals surface area contributed by atoms with Crippen LogP contribution < -0.4 is 0 Å². The first-order valence-electron chi connectivity index (χ1n) is 10.4. The third-order valence-corrected chi connectivity index (χ3v) is 7.29. The molecule has 0 radical (unpaired) electrons. The van der Waals surface area contributed by atoms with E-state index >= 15 is 0 Å². The third-order valence-electron chi connectivity index (χ3n) is 5.15. The molecule has 2 aromatic heterocycles. The number of carbonyl (C=O) groups is 1. The van der Waals surface area contributed by atoms with Gasteiger partial charge in [-0.15, -0.1) is 11.3 Å². The van der Waals surface area contributed by atoms with Gasteiger partial charge in [-0.05, 0) is 37.7 Å². The van der Waals surface area contributed by atoms with E-state index in [9.17, 15) is 4.79 Å². The standard InChI is InChI=1S/C23H26N2O2S2/c1-2-3-9-14-27-19(26)15-28-22-20-17-12-7-8-13-18(17)29-23(20)25-21(24-22)16-10-5-4-6-11-16/h4-6,10-11H,2-3,7-9,12-15H2,1H3. The van der Waals surface area contributed by atoms with E-state index in [2.05, 4.69) is 6.92 Å². The maximum absolute atomic E-state index is 12.2. The Bertz CT molecular complexity index is 985. The molecule has 3 aromatic rings. The molecular weight excluding hydrogens is 400 g/mol. The van der Waals surface area contributed by atoms with E-state index < -0.39 is 0 Å². The molecule has 0 unspecified atom stereocenters. The van der Waals surface area contributed by atoms with E-state index in [4.69, 9.17) is 14.7 Å². The lowest BCUT2D eigenvalue weighted by molar-refractivity contribution is -0.140. The van der Waals surface area contributed by atoms with E-state index in [0.717, 1.165) is 58.7 Å². The van der Waals surface area contributed by atoms with Crippen molar-refractivity contribution < 1.29 is 9.53 Å². The number of hydrogen-bond donors (Lipinski definition) is 0. The Balaban J connectivity index is 1.61. The summed E-state index contributed by atoms with van der Waals surface area (Å²) in [5.41, 5.74) is 2.40. The highest BCUT2D eigenvalue weighted by Crippen LogP contribution is 2.40. The van der Waals surface area contributed by atoms with Crippen LogP contribution in [0, 0.1) is 0 Å². The van der Waals surface area contributed by atoms with Crippen LogP contribution in [0.5, 0.6) is 0 Å². The van der Waals surface area contributed by atoms with Gasteiger partial charge in [0.05, 0.1) is 12.4 Å². The van der Waals surface area contributed by atoms with Crippen LogP contribution in [-0.2, 0) is 22.4 Å². The van der Waals surface area contributed by atoms with E-state index in [1.54, 1.807) is 11.3 Å². The highest BCUT2D eigenvalue weighted by atomic mass is 32.2. The van der Waals surface area contributed by atoms with Gasteiger partial charge in [-0.3, -0.25) is 4.79 Å². The van der Waals surface area contributed by atoms with Crippen LogP contribution in [0.3, 0.4) is 0 Å². The minimum atomic E-state index is -0.164. The van der Waals surface area contributed by atoms with Gasteiger partial charge in [-0.2, -0.15) is 0 Å². The topological polar surface area (TPSA) is 52.1 Å². The summed E-state index contributed by atoms with van der Waals surface area (Å²) in [6.07, 6.45) is 7.80. The van der Waals surface area contributed by atoms with Crippen molar-refractivity contribution in [1.82, 2.24) is 9.97 Å². The SMILES string of the molecule is CCCCCOC(=O)CSc1nc(-c2ccccc2)nc2sc3c(c12)CCCC3. The van der Waals surface area contributed by atoms with Crippen molar-refractivity contribution in [3.05, 3.63) is 40.8 Å². The summed E-state index contributed by atoms with van der Waals surface area (Å²) < 4.78 is 5.39. The number of carbonyl (C=O) groups excluding carboxylic acids is 1. The molecule has 0 spiro atoms. The number of ether oxygens (including phenoxy) is 1.